The Labute approximate surface area is 444 Å². The molecule has 3 amide bonds. The first-order valence-corrected chi connectivity index (χ1v) is 27.7. The van der Waals surface area contributed by atoms with E-state index in [0.29, 0.717) is 97.3 Å². The molecule has 9 rings (SSSR count). The van der Waals surface area contributed by atoms with Crippen LogP contribution in [0.5, 0.6) is 5.75 Å². The molecule has 23 heteroatoms. The van der Waals surface area contributed by atoms with Crippen LogP contribution in [0.2, 0.25) is 0 Å². The summed E-state index contributed by atoms with van der Waals surface area (Å²) in [6, 6.07) is 7.19. The number of sulfone groups is 1. The topological polar surface area (TPSA) is 251 Å². The summed E-state index contributed by atoms with van der Waals surface area (Å²) in [7, 11) is -2.30. The lowest BCUT2D eigenvalue weighted by Gasteiger charge is -2.38. The van der Waals surface area contributed by atoms with E-state index in [1.807, 2.05) is 13.8 Å². The molecule has 3 aliphatic rings. The summed E-state index contributed by atoms with van der Waals surface area (Å²) in [5.74, 6) is -0.209. The van der Waals surface area contributed by atoms with Crippen LogP contribution < -0.4 is 25.6 Å². The number of hydrogen-bond acceptors (Lipinski definition) is 17. The van der Waals surface area contributed by atoms with Crippen LogP contribution in [0.4, 0.5) is 21.8 Å². The van der Waals surface area contributed by atoms with Gasteiger partial charge in [0.05, 0.1) is 41.0 Å². The number of anilines is 3. The average Bonchev–Trinajstić information content (AvgIpc) is 4.21. The third-order valence-electron chi connectivity index (χ3n) is 14.7. The Morgan fingerprint density at radius 1 is 0.921 bits per heavy atom. The molecule has 6 aromatic rings. The van der Waals surface area contributed by atoms with Crippen LogP contribution in [0.25, 0.3) is 10.9 Å². The van der Waals surface area contributed by atoms with E-state index >= 15 is 0 Å². The minimum absolute atomic E-state index is 0.0581. The first-order chi connectivity index (χ1) is 36.3. The van der Waals surface area contributed by atoms with Crippen molar-refractivity contribution < 1.29 is 36.7 Å². The fourth-order valence-corrected chi connectivity index (χ4v) is 12.0. The van der Waals surface area contributed by atoms with Crippen molar-refractivity contribution in [3.63, 3.8) is 0 Å². The molecule has 20 nitrogen and oxygen atoms in total. The van der Waals surface area contributed by atoms with E-state index in [4.69, 9.17) is 4.74 Å². The van der Waals surface area contributed by atoms with E-state index in [1.54, 1.807) is 61.3 Å². The number of thiazole rings is 1. The maximum absolute atomic E-state index is 14.6. The first kappa shape index (κ1) is 53.4. The largest absolute Gasteiger partial charge is 0.492 e. The summed E-state index contributed by atoms with van der Waals surface area (Å²) in [4.78, 5) is 83.1. The number of carbonyl (C=O) groups is 4. The Morgan fingerprint density at radius 2 is 1.66 bits per heavy atom. The third-order valence-corrected chi connectivity index (χ3v) is 18.1. The molecule has 3 saturated heterocycles. The van der Waals surface area contributed by atoms with Gasteiger partial charge in [0.2, 0.25) is 11.7 Å². The van der Waals surface area contributed by atoms with E-state index in [9.17, 15) is 32.0 Å². The Kier molecular flexibility index (Phi) is 15.5. The Morgan fingerprint density at radius 3 is 2.32 bits per heavy atom. The van der Waals surface area contributed by atoms with Crippen molar-refractivity contribution in [3.05, 3.63) is 112 Å². The second-order valence-corrected chi connectivity index (χ2v) is 24.1. The van der Waals surface area contributed by atoms with Crippen molar-refractivity contribution in [3.8, 4) is 5.75 Å². The number of rotatable bonds is 16. The molecule has 0 unspecified atom stereocenters. The highest BCUT2D eigenvalue weighted by molar-refractivity contribution is 7.92. The number of likely N-dealkylation sites (N-methyl/N-ethyl adjacent to an activating group) is 1. The lowest BCUT2D eigenvalue weighted by molar-refractivity contribution is -0.138. The highest BCUT2D eigenvalue weighted by Crippen LogP contribution is 2.39. The summed E-state index contributed by atoms with van der Waals surface area (Å²) in [6.45, 7) is 15.2. The molecule has 3 aliphatic heterocycles. The molecular weight excluding hydrogens is 1010 g/mol. The number of likely N-dealkylation sites (tertiary alicyclic amines) is 2. The van der Waals surface area contributed by atoms with Crippen molar-refractivity contribution in [1.82, 2.24) is 55.6 Å². The molecule has 0 bridgehead atoms. The number of ether oxygens (including phenoxy) is 1. The number of aromatic amines is 1. The van der Waals surface area contributed by atoms with Crippen molar-refractivity contribution in [2.24, 2.45) is 11.8 Å². The predicted molar refractivity (Wildman–Crippen MR) is 285 cm³/mol. The first-order valence-electron chi connectivity index (χ1n) is 25.4. The number of ketones is 1. The zero-order valence-corrected chi connectivity index (χ0v) is 45.0. The fourth-order valence-electron chi connectivity index (χ4n) is 9.75. The Bertz CT molecular complexity index is 3270. The van der Waals surface area contributed by atoms with Crippen molar-refractivity contribution in [1.29, 1.82) is 0 Å². The van der Waals surface area contributed by atoms with Crippen LogP contribution in [0.1, 0.15) is 108 Å². The van der Waals surface area contributed by atoms with Crippen LogP contribution >= 0.6 is 11.3 Å². The summed E-state index contributed by atoms with van der Waals surface area (Å²) in [5.41, 5.74) is 3.13. The SMILES string of the molecule is C=C(NC)C(=O)N[C@H](C(=O)N1CCC[C@H]1c1nc(C(=O)c2ccc(F)cc2)cs1)C1CCN(C(=O)c2cnc(N3CCC(COc4cc5ncnc(Nc6n[nH]c(C)c6C)c5cc4S(=O)(=O)C(C)(C)C)CC3)cn2)CC1. The summed E-state index contributed by atoms with van der Waals surface area (Å²) < 4.78 is 46.9. The molecular formula is C53H62FN13O7S2. The number of aromatic nitrogens is 7. The van der Waals surface area contributed by atoms with Gasteiger partial charge in [-0.15, -0.1) is 11.3 Å². The van der Waals surface area contributed by atoms with Gasteiger partial charge in [-0.25, -0.2) is 37.7 Å². The smallest absolute Gasteiger partial charge is 0.274 e. The molecule has 2 aromatic carbocycles. The van der Waals surface area contributed by atoms with Gasteiger partial charge in [0.25, 0.3) is 11.8 Å². The van der Waals surface area contributed by atoms with Gasteiger partial charge in [-0.05, 0) is 115 Å². The number of nitrogens with one attached hydrogen (secondary N) is 4. The van der Waals surface area contributed by atoms with Gasteiger partial charge in [0.1, 0.15) is 56.9 Å². The van der Waals surface area contributed by atoms with E-state index in [2.05, 4.69) is 62.5 Å². The number of H-pyrrole nitrogens is 1. The molecule has 0 radical (unpaired) electrons. The summed E-state index contributed by atoms with van der Waals surface area (Å²) in [6.07, 6.45) is 8.16. The Hall–Kier alpha value is -7.40. The maximum Gasteiger partial charge on any atom is 0.274 e. The molecule has 3 fully saturated rings. The number of hydrogen-bond donors (Lipinski definition) is 4. The molecule has 400 valence electrons. The van der Waals surface area contributed by atoms with Gasteiger partial charge in [-0.2, -0.15) is 5.10 Å². The molecule has 4 aromatic heterocycles. The second-order valence-electron chi connectivity index (χ2n) is 20.5. The van der Waals surface area contributed by atoms with Crippen LogP contribution in [0.15, 0.2) is 77.7 Å². The number of halogens is 1. The monoisotopic (exact) mass is 1080 g/mol. The quantitative estimate of drug-likeness (QED) is 0.0586. The molecule has 2 atom stereocenters. The summed E-state index contributed by atoms with van der Waals surface area (Å²) in [5, 5.41) is 19.0. The number of fused-ring (bicyclic) bond motifs is 1. The lowest BCUT2D eigenvalue weighted by Crippen LogP contribution is -2.55. The minimum atomic E-state index is -3.87. The van der Waals surface area contributed by atoms with E-state index in [-0.39, 0.29) is 63.8 Å². The normalized spacial score (nSPS) is 17.1. The van der Waals surface area contributed by atoms with Gasteiger partial charge in [0, 0.05) is 73.4 Å². The predicted octanol–water partition coefficient (Wildman–Crippen LogP) is 6.63. The van der Waals surface area contributed by atoms with Crippen molar-refractivity contribution in [2.75, 3.05) is 56.6 Å². The number of piperidine rings is 2. The van der Waals surface area contributed by atoms with Crippen LogP contribution in [-0.4, -0.2) is 134 Å². The van der Waals surface area contributed by atoms with Crippen LogP contribution in [0, 0.1) is 31.5 Å². The van der Waals surface area contributed by atoms with Crippen LogP contribution in [-0.2, 0) is 19.4 Å². The average molecular weight is 1080 g/mol. The summed E-state index contributed by atoms with van der Waals surface area (Å²) >= 11 is 1.28. The molecule has 0 saturated carbocycles. The van der Waals surface area contributed by atoms with Crippen molar-refractivity contribution in [2.45, 2.75) is 94.9 Å². The van der Waals surface area contributed by atoms with E-state index in [0.717, 1.165) is 24.1 Å². The van der Waals surface area contributed by atoms with Gasteiger partial charge in [-0.1, -0.05) is 6.58 Å². The van der Waals surface area contributed by atoms with Crippen molar-refractivity contribution >= 4 is 73.0 Å². The number of nitrogens with zero attached hydrogens (tertiary/aromatic N) is 9. The van der Waals surface area contributed by atoms with E-state index < -0.39 is 38.4 Å². The molecule has 0 aliphatic carbocycles. The molecule has 0 spiro atoms. The fraction of sp³-hybridized carbons (Fsp3) is 0.434. The zero-order valence-electron chi connectivity index (χ0n) is 43.4. The molecule has 4 N–H and O–H groups in total. The number of amides is 3. The van der Waals surface area contributed by atoms with Gasteiger partial charge >= 0.3 is 0 Å². The van der Waals surface area contributed by atoms with Crippen LogP contribution in [0.3, 0.4) is 0 Å². The molecule has 7 heterocycles. The second kappa shape index (κ2) is 22.1. The standard InChI is InChI=1S/C53H62FN13O7S2/c1-30-31(2)63-64-47(30)62-48-37-23-43(76(72,73)53(4,5)6)42(24-38(37)58-29-59-48)74-27-33-14-19-65(20-15-33)44-26-56-39(25-57-44)51(70)66-21-16-34(17-22-66)45(61-49(69)32(3)55-7)52(71)67-18-8-9-41(67)50-60-40(28-75-50)46(68)35-10-12-36(54)13-11-35/h10-13,23-26,28-29,33-34,41,45,55H,3,8-9,14-22,27H2,1-2,4-7H3,(H,61,69)(H2,58,59,62,63,64)/t41-,45-/m0/s1. The highest BCUT2D eigenvalue weighted by atomic mass is 32.2. The van der Waals surface area contributed by atoms with Gasteiger partial charge in [-0.3, -0.25) is 24.3 Å². The number of benzene rings is 2. The highest BCUT2D eigenvalue weighted by Gasteiger charge is 2.42. The molecule has 76 heavy (non-hydrogen) atoms. The Balaban J connectivity index is 0.807. The van der Waals surface area contributed by atoms with Gasteiger partial charge in [0.15, 0.2) is 15.7 Å². The van der Waals surface area contributed by atoms with Gasteiger partial charge < -0.3 is 35.4 Å². The minimum Gasteiger partial charge on any atom is -0.492 e. The maximum atomic E-state index is 14.6. The third kappa shape index (κ3) is 11.1. The number of aryl methyl sites for hydroxylation is 1. The van der Waals surface area contributed by atoms with E-state index in [1.165, 1.54) is 48.1 Å². The lowest BCUT2D eigenvalue weighted by atomic mass is 9.88. The number of carbonyl (C=O) groups excluding carboxylic acids is 4. The zero-order chi connectivity index (χ0) is 54.1.